The van der Waals surface area contributed by atoms with Crippen LogP contribution in [0.4, 0.5) is 5.00 Å². The van der Waals surface area contributed by atoms with Gasteiger partial charge in [-0.3, -0.25) is 9.59 Å². The van der Waals surface area contributed by atoms with Crippen LogP contribution in [-0.2, 0) is 19.6 Å². The predicted octanol–water partition coefficient (Wildman–Crippen LogP) is 3.64. The average molecular weight is 491 g/mol. The van der Waals surface area contributed by atoms with Gasteiger partial charge in [-0.25, -0.2) is 17.5 Å². The molecule has 0 fully saturated rings. The summed E-state index contributed by atoms with van der Waals surface area (Å²) in [7, 11) is -2.94. The van der Waals surface area contributed by atoms with E-state index in [1.54, 1.807) is 35.7 Å². The van der Waals surface area contributed by atoms with E-state index in [1.807, 2.05) is 0 Å². The zero-order chi connectivity index (χ0) is 23.0. The normalized spacial score (nSPS) is 14.2. The van der Waals surface area contributed by atoms with Gasteiger partial charge in [0.05, 0.1) is 12.7 Å². The molecule has 0 saturated carbocycles. The highest BCUT2D eigenvalue weighted by atomic mass is 35.5. The van der Waals surface area contributed by atoms with Crippen LogP contribution >= 0.6 is 22.9 Å². The van der Waals surface area contributed by atoms with Gasteiger partial charge in [0, 0.05) is 21.5 Å². The Bertz CT molecular complexity index is 1370. The maximum Gasteiger partial charge on any atom is 0.341 e. The molecule has 11 heteroatoms. The molecule has 1 aliphatic rings. The monoisotopic (exact) mass is 490 g/mol. The number of rotatable bonds is 5. The van der Waals surface area contributed by atoms with Crippen molar-refractivity contribution in [3.63, 3.8) is 0 Å². The highest BCUT2D eigenvalue weighted by Crippen LogP contribution is 2.39. The second kappa shape index (κ2) is 8.38. The fourth-order valence-corrected chi connectivity index (χ4v) is 6.04. The van der Waals surface area contributed by atoms with Crippen molar-refractivity contribution >= 4 is 55.7 Å². The lowest BCUT2D eigenvalue weighted by Crippen LogP contribution is -2.37. The van der Waals surface area contributed by atoms with Crippen molar-refractivity contribution in [1.29, 1.82) is 0 Å². The van der Waals surface area contributed by atoms with Crippen LogP contribution in [0.1, 0.15) is 20.7 Å². The largest absolute Gasteiger partial charge is 0.465 e. The summed E-state index contributed by atoms with van der Waals surface area (Å²) in [5.41, 5.74) is 1.12. The molecule has 0 radical (unpaired) electrons. The van der Waals surface area contributed by atoms with Crippen molar-refractivity contribution in [1.82, 2.24) is 4.31 Å². The van der Waals surface area contributed by atoms with E-state index in [-0.39, 0.29) is 21.0 Å². The fourth-order valence-electron chi connectivity index (χ4n) is 3.32. The topological polar surface area (TPSA) is 110 Å². The molecule has 2 heterocycles. The number of hydrogen-bond acceptors (Lipinski definition) is 7. The number of sulfonamides is 1. The van der Waals surface area contributed by atoms with Gasteiger partial charge in [-0.05, 0) is 18.2 Å². The highest BCUT2D eigenvalue weighted by molar-refractivity contribution is 7.90. The lowest BCUT2D eigenvalue weighted by Gasteiger charge is -2.15. The van der Waals surface area contributed by atoms with Gasteiger partial charge in [0.1, 0.15) is 22.0 Å². The molecule has 0 aliphatic carbocycles. The van der Waals surface area contributed by atoms with Crippen LogP contribution in [0.25, 0.3) is 11.1 Å². The van der Waals surface area contributed by atoms with Gasteiger partial charge in [-0.15, -0.1) is 11.3 Å². The number of anilines is 1. The van der Waals surface area contributed by atoms with Gasteiger partial charge in [-0.2, -0.15) is 0 Å². The minimum Gasteiger partial charge on any atom is -0.465 e. The van der Waals surface area contributed by atoms with Crippen LogP contribution in [0.3, 0.4) is 0 Å². The first-order chi connectivity index (χ1) is 15.3. The molecule has 3 aromatic rings. The number of hydrogen-bond donors (Lipinski definition) is 1. The fraction of sp³-hybridized carbons (Fsp3) is 0.0952. The third kappa shape index (κ3) is 3.66. The summed E-state index contributed by atoms with van der Waals surface area (Å²) in [5, 5.41) is 4.71. The second-order valence-electron chi connectivity index (χ2n) is 6.69. The summed E-state index contributed by atoms with van der Waals surface area (Å²) in [6.07, 6.45) is 0. The minimum atomic E-state index is -4.14. The average Bonchev–Trinajstić information content (AvgIpc) is 3.26. The summed E-state index contributed by atoms with van der Waals surface area (Å²) >= 11 is 7.31. The second-order valence-corrected chi connectivity index (χ2v) is 9.80. The molecule has 0 unspecified atom stereocenters. The van der Waals surface area contributed by atoms with Crippen LogP contribution in [-0.4, -0.2) is 44.2 Å². The number of thiophene rings is 1. The van der Waals surface area contributed by atoms with E-state index in [2.05, 4.69) is 5.32 Å². The molecular weight excluding hydrogens is 476 g/mol. The SMILES string of the molecule is COC(=O)c1c(-c2ccccc2Cl)csc1NC(=O)CN1C(=O)c2ccccc2S1(=O)=O. The van der Waals surface area contributed by atoms with Gasteiger partial charge in [0.25, 0.3) is 15.9 Å². The third-order valence-corrected chi connectivity index (χ3v) is 7.81. The molecule has 4 rings (SSSR count). The number of carbonyl (C=O) groups is 3. The molecule has 0 spiro atoms. The van der Waals surface area contributed by atoms with Gasteiger partial charge < -0.3 is 10.1 Å². The quantitative estimate of drug-likeness (QED) is 0.547. The molecule has 1 aliphatic heterocycles. The Morgan fingerprint density at radius 2 is 1.72 bits per heavy atom. The highest BCUT2D eigenvalue weighted by Gasteiger charge is 2.42. The number of fused-ring (bicyclic) bond motifs is 1. The minimum absolute atomic E-state index is 0.00711. The number of nitrogens with one attached hydrogen (secondary N) is 1. The summed E-state index contributed by atoms with van der Waals surface area (Å²) < 4.78 is 30.7. The van der Waals surface area contributed by atoms with Crippen molar-refractivity contribution in [2.75, 3.05) is 19.0 Å². The standard InChI is InChI=1S/C21H15ClN2O6S2/c1-30-21(27)18-14(12-6-2-4-8-15(12)22)11-31-19(18)23-17(25)10-24-20(26)13-7-3-5-9-16(13)32(24,28)29/h2-9,11H,10H2,1H3,(H,23,25). The number of methoxy groups -OCH3 is 1. The molecule has 8 nitrogen and oxygen atoms in total. The Balaban J connectivity index is 1.63. The van der Waals surface area contributed by atoms with Crippen molar-refractivity contribution in [2.24, 2.45) is 0 Å². The molecule has 2 aromatic carbocycles. The molecule has 1 N–H and O–H groups in total. The van der Waals surface area contributed by atoms with E-state index in [4.69, 9.17) is 16.3 Å². The maximum absolute atomic E-state index is 12.7. The smallest absolute Gasteiger partial charge is 0.341 e. The molecule has 1 aromatic heterocycles. The summed E-state index contributed by atoms with van der Waals surface area (Å²) in [5.74, 6) is -2.27. The summed E-state index contributed by atoms with van der Waals surface area (Å²) in [6, 6.07) is 12.6. The number of benzene rings is 2. The van der Waals surface area contributed by atoms with Crippen molar-refractivity contribution in [2.45, 2.75) is 4.90 Å². The molecule has 0 saturated heterocycles. The molecular formula is C21H15ClN2O6S2. The van der Waals surface area contributed by atoms with Gasteiger partial charge in [0.15, 0.2) is 0 Å². The van der Waals surface area contributed by atoms with Gasteiger partial charge in [-0.1, -0.05) is 41.9 Å². The van der Waals surface area contributed by atoms with Crippen molar-refractivity contribution in [3.05, 3.63) is 70.1 Å². The Kier molecular flexibility index (Phi) is 5.76. The van der Waals surface area contributed by atoms with Crippen molar-refractivity contribution < 1.29 is 27.5 Å². The summed E-state index contributed by atoms with van der Waals surface area (Å²) in [6.45, 7) is -0.740. The first-order valence-corrected chi connectivity index (χ1v) is 11.9. The zero-order valence-electron chi connectivity index (χ0n) is 16.5. The molecule has 32 heavy (non-hydrogen) atoms. The Hall–Kier alpha value is -3.21. The van der Waals surface area contributed by atoms with E-state index >= 15 is 0 Å². The van der Waals surface area contributed by atoms with Crippen molar-refractivity contribution in [3.8, 4) is 11.1 Å². The van der Waals surface area contributed by atoms with Gasteiger partial charge in [0.2, 0.25) is 5.91 Å². The molecule has 0 atom stereocenters. The van der Waals surface area contributed by atoms with E-state index < -0.39 is 34.4 Å². The first-order valence-electron chi connectivity index (χ1n) is 9.16. The molecule has 164 valence electrons. The lowest BCUT2D eigenvalue weighted by molar-refractivity contribution is -0.116. The third-order valence-electron chi connectivity index (χ3n) is 4.80. The zero-order valence-corrected chi connectivity index (χ0v) is 18.9. The number of nitrogens with zero attached hydrogens (tertiary/aromatic N) is 1. The van der Waals surface area contributed by atoms with E-state index in [0.29, 0.717) is 20.5 Å². The number of carbonyl (C=O) groups excluding carboxylic acids is 3. The van der Waals surface area contributed by atoms with Gasteiger partial charge >= 0.3 is 5.97 Å². The van der Waals surface area contributed by atoms with Crippen LogP contribution in [0.15, 0.2) is 58.8 Å². The lowest BCUT2D eigenvalue weighted by atomic mass is 10.0. The molecule has 2 amide bonds. The summed E-state index contributed by atoms with van der Waals surface area (Å²) in [4.78, 5) is 37.5. The predicted molar refractivity (Wildman–Crippen MR) is 119 cm³/mol. The Morgan fingerprint density at radius 1 is 1.06 bits per heavy atom. The van der Waals surface area contributed by atoms with E-state index in [0.717, 1.165) is 11.3 Å². The maximum atomic E-state index is 12.7. The van der Waals surface area contributed by atoms with Crippen LogP contribution < -0.4 is 5.32 Å². The number of amides is 2. The van der Waals surface area contributed by atoms with Crippen LogP contribution in [0, 0.1) is 0 Å². The van der Waals surface area contributed by atoms with Crippen LogP contribution in [0.5, 0.6) is 0 Å². The number of ether oxygens (including phenoxy) is 1. The molecule has 0 bridgehead atoms. The number of halogens is 1. The first kappa shape index (κ1) is 22.0. The Labute approximate surface area is 192 Å². The van der Waals surface area contributed by atoms with Crippen LogP contribution in [0.2, 0.25) is 5.02 Å². The Morgan fingerprint density at radius 3 is 2.38 bits per heavy atom. The van der Waals surface area contributed by atoms with E-state index in [1.165, 1.54) is 25.3 Å². The number of esters is 1. The van der Waals surface area contributed by atoms with E-state index in [9.17, 15) is 22.8 Å².